The number of ether oxygens (including phenoxy) is 1. The third kappa shape index (κ3) is 3.06. The maximum absolute atomic E-state index is 12.5. The number of hydrogen-bond donors (Lipinski definition) is 0. The number of nitrogens with zero attached hydrogens (tertiary/aromatic N) is 1. The molecule has 0 radical (unpaired) electrons. The third-order valence-electron chi connectivity index (χ3n) is 3.69. The zero-order chi connectivity index (χ0) is 14.0. The topological polar surface area (TPSA) is 12.5 Å². The van der Waals surface area contributed by atoms with E-state index in [1.54, 1.807) is 7.11 Å². The zero-order valence-corrected chi connectivity index (χ0v) is 11.7. The smallest absolute Gasteiger partial charge is 0.251 e. The molecule has 0 saturated carbocycles. The molecule has 2 nitrogen and oxygen atoms in total. The second kappa shape index (κ2) is 5.87. The summed E-state index contributed by atoms with van der Waals surface area (Å²) in [5.74, 6) is 1.20. The van der Waals surface area contributed by atoms with Crippen molar-refractivity contribution < 1.29 is 13.5 Å². The van der Waals surface area contributed by atoms with E-state index in [4.69, 9.17) is 4.74 Å². The zero-order valence-electron chi connectivity index (χ0n) is 11.7. The maximum atomic E-state index is 12.5. The summed E-state index contributed by atoms with van der Waals surface area (Å²) in [6, 6.07) is 4.07. The first kappa shape index (κ1) is 14.3. The second-order valence-electron chi connectivity index (χ2n) is 5.35. The highest BCUT2D eigenvalue weighted by Crippen LogP contribution is 2.35. The molecule has 0 aromatic heterocycles. The van der Waals surface area contributed by atoms with Gasteiger partial charge in [0.05, 0.1) is 13.7 Å². The third-order valence-corrected chi connectivity index (χ3v) is 3.69. The number of alkyl halides is 2. The molecule has 0 fully saturated rings. The Balaban J connectivity index is 2.34. The number of rotatable bonds is 4. The van der Waals surface area contributed by atoms with Crippen molar-refractivity contribution in [1.29, 1.82) is 0 Å². The van der Waals surface area contributed by atoms with Crippen LogP contribution in [0.4, 0.5) is 8.78 Å². The Kier molecular flexibility index (Phi) is 4.40. The first-order chi connectivity index (χ1) is 9.02. The first-order valence-electron chi connectivity index (χ1n) is 6.72. The number of methoxy groups -OCH3 is 1. The first-order valence-corrected chi connectivity index (χ1v) is 6.72. The second-order valence-corrected chi connectivity index (χ2v) is 5.35. The Morgan fingerprint density at radius 3 is 2.63 bits per heavy atom. The minimum absolute atomic E-state index is 0.145. The Bertz CT molecular complexity index is 446. The Hall–Kier alpha value is -1.16. The van der Waals surface area contributed by atoms with Gasteiger partial charge in [0.25, 0.3) is 6.43 Å². The van der Waals surface area contributed by atoms with Gasteiger partial charge >= 0.3 is 0 Å². The van der Waals surface area contributed by atoms with E-state index < -0.39 is 6.43 Å². The molecule has 2 rings (SSSR count). The highest BCUT2D eigenvalue weighted by molar-refractivity contribution is 5.48. The molecule has 1 heterocycles. The summed E-state index contributed by atoms with van der Waals surface area (Å²) in [6.45, 7) is 5.40. The van der Waals surface area contributed by atoms with Crippen molar-refractivity contribution in [3.63, 3.8) is 0 Å². The highest BCUT2D eigenvalue weighted by atomic mass is 19.3. The van der Waals surface area contributed by atoms with Crippen LogP contribution in [0.15, 0.2) is 12.1 Å². The van der Waals surface area contributed by atoms with Gasteiger partial charge in [0.1, 0.15) is 5.75 Å². The standard InChI is InChI=1S/C15H21F2NO/c1-10(2)15-12-8-18(9-14(16)17)7-6-11(12)4-5-13(15)19-3/h4-5,10,14H,6-9H2,1-3H3. The van der Waals surface area contributed by atoms with E-state index in [-0.39, 0.29) is 6.54 Å². The lowest BCUT2D eigenvalue weighted by atomic mass is 9.88. The number of fused-ring (bicyclic) bond motifs is 1. The number of halogens is 2. The molecule has 106 valence electrons. The molecule has 1 aliphatic heterocycles. The van der Waals surface area contributed by atoms with Crippen LogP contribution in [-0.4, -0.2) is 31.5 Å². The fourth-order valence-electron chi connectivity index (χ4n) is 2.85. The van der Waals surface area contributed by atoms with Crippen molar-refractivity contribution in [2.24, 2.45) is 0 Å². The van der Waals surface area contributed by atoms with Gasteiger partial charge in [-0.3, -0.25) is 4.90 Å². The van der Waals surface area contributed by atoms with Gasteiger partial charge < -0.3 is 4.74 Å². The predicted octanol–water partition coefficient (Wildman–Crippen LogP) is 3.44. The number of benzene rings is 1. The van der Waals surface area contributed by atoms with Crippen LogP contribution in [0.25, 0.3) is 0 Å². The summed E-state index contributed by atoms with van der Waals surface area (Å²) in [7, 11) is 1.66. The average molecular weight is 269 g/mol. The summed E-state index contributed by atoms with van der Waals surface area (Å²) < 4.78 is 30.5. The molecule has 0 spiro atoms. The van der Waals surface area contributed by atoms with Gasteiger partial charge in [-0.2, -0.15) is 0 Å². The van der Waals surface area contributed by atoms with Gasteiger partial charge in [0.15, 0.2) is 0 Å². The van der Waals surface area contributed by atoms with Crippen LogP contribution in [0.2, 0.25) is 0 Å². The fourth-order valence-corrected chi connectivity index (χ4v) is 2.85. The molecule has 0 aliphatic carbocycles. The van der Waals surface area contributed by atoms with E-state index in [9.17, 15) is 8.78 Å². The predicted molar refractivity (Wildman–Crippen MR) is 72.1 cm³/mol. The fraction of sp³-hybridized carbons (Fsp3) is 0.600. The molecule has 0 N–H and O–H groups in total. The lowest BCUT2D eigenvalue weighted by Crippen LogP contribution is -2.35. The lowest BCUT2D eigenvalue weighted by molar-refractivity contribution is 0.0818. The normalized spacial score (nSPS) is 15.9. The number of hydrogen-bond acceptors (Lipinski definition) is 2. The lowest BCUT2D eigenvalue weighted by Gasteiger charge is -2.31. The van der Waals surface area contributed by atoms with Gasteiger partial charge in [-0.1, -0.05) is 19.9 Å². The molecule has 1 aromatic rings. The molecule has 0 atom stereocenters. The van der Waals surface area contributed by atoms with Crippen molar-refractivity contribution >= 4 is 0 Å². The van der Waals surface area contributed by atoms with Crippen molar-refractivity contribution in [3.05, 3.63) is 28.8 Å². The van der Waals surface area contributed by atoms with E-state index in [0.29, 0.717) is 19.0 Å². The van der Waals surface area contributed by atoms with Gasteiger partial charge in [0.2, 0.25) is 0 Å². The highest BCUT2D eigenvalue weighted by Gasteiger charge is 2.24. The summed E-state index contributed by atoms with van der Waals surface area (Å²) in [6.07, 6.45) is -1.43. The summed E-state index contributed by atoms with van der Waals surface area (Å²) in [4.78, 5) is 1.83. The molecule has 4 heteroatoms. The largest absolute Gasteiger partial charge is 0.496 e. The quantitative estimate of drug-likeness (QED) is 0.830. The van der Waals surface area contributed by atoms with E-state index in [1.807, 2.05) is 11.0 Å². The van der Waals surface area contributed by atoms with Crippen LogP contribution >= 0.6 is 0 Å². The Morgan fingerprint density at radius 2 is 2.05 bits per heavy atom. The SMILES string of the molecule is COc1ccc2c(c1C(C)C)CN(CC(F)F)CC2. The summed E-state index contributed by atoms with van der Waals surface area (Å²) in [5.41, 5.74) is 3.62. The van der Waals surface area contributed by atoms with Crippen LogP contribution in [0, 0.1) is 0 Å². The Labute approximate surface area is 113 Å². The maximum Gasteiger partial charge on any atom is 0.251 e. The van der Waals surface area contributed by atoms with Crippen molar-refractivity contribution in [2.45, 2.75) is 39.2 Å². The van der Waals surface area contributed by atoms with Crippen LogP contribution in [-0.2, 0) is 13.0 Å². The van der Waals surface area contributed by atoms with E-state index in [0.717, 1.165) is 12.2 Å². The monoisotopic (exact) mass is 269 g/mol. The van der Waals surface area contributed by atoms with E-state index >= 15 is 0 Å². The Morgan fingerprint density at radius 1 is 1.32 bits per heavy atom. The van der Waals surface area contributed by atoms with Gasteiger partial charge in [0, 0.05) is 18.7 Å². The van der Waals surface area contributed by atoms with Gasteiger partial charge in [-0.05, 0) is 29.5 Å². The summed E-state index contributed by atoms with van der Waals surface area (Å²) >= 11 is 0. The van der Waals surface area contributed by atoms with Crippen molar-refractivity contribution in [2.75, 3.05) is 20.2 Å². The molecule has 0 amide bonds. The van der Waals surface area contributed by atoms with Gasteiger partial charge in [-0.15, -0.1) is 0 Å². The van der Waals surface area contributed by atoms with E-state index in [1.165, 1.54) is 16.7 Å². The van der Waals surface area contributed by atoms with Crippen LogP contribution in [0.5, 0.6) is 5.75 Å². The molecule has 19 heavy (non-hydrogen) atoms. The molecule has 0 saturated heterocycles. The molecular formula is C15H21F2NO. The summed E-state index contributed by atoms with van der Waals surface area (Å²) in [5, 5.41) is 0. The molecule has 1 aromatic carbocycles. The van der Waals surface area contributed by atoms with Crippen LogP contribution < -0.4 is 4.74 Å². The van der Waals surface area contributed by atoms with Gasteiger partial charge in [-0.25, -0.2) is 8.78 Å². The van der Waals surface area contributed by atoms with Crippen LogP contribution in [0.3, 0.4) is 0 Å². The molecule has 0 bridgehead atoms. The molecule has 0 unspecified atom stereocenters. The van der Waals surface area contributed by atoms with E-state index in [2.05, 4.69) is 19.9 Å². The minimum Gasteiger partial charge on any atom is -0.496 e. The van der Waals surface area contributed by atoms with Crippen molar-refractivity contribution in [1.82, 2.24) is 4.90 Å². The average Bonchev–Trinajstić information content (AvgIpc) is 2.36. The minimum atomic E-state index is -2.27. The van der Waals surface area contributed by atoms with Crippen LogP contribution in [0.1, 0.15) is 36.5 Å². The molecule has 1 aliphatic rings. The van der Waals surface area contributed by atoms with Crippen molar-refractivity contribution in [3.8, 4) is 5.75 Å². The molecular weight excluding hydrogens is 248 g/mol.